The van der Waals surface area contributed by atoms with E-state index in [9.17, 15) is 27.6 Å². The van der Waals surface area contributed by atoms with E-state index in [1.54, 1.807) is 18.4 Å². The van der Waals surface area contributed by atoms with Crippen molar-refractivity contribution in [2.24, 2.45) is 0 Å². The fourth-order valence-electron chi connectivity index (χ4n) is 3.48. The Morgan fingerprint density at radius 3 is 2.15 bits per heavy atom. The molecule has 0 spiro atoms. The molecule has 2 N–H and O–H groups in total. The molecule has 1 saturated heterocycles. The van der Waals surface area contributed by atoms with Gasteiger partial charge in [0.25, 0.3) is 0 Å². The minimum Gasteiger partial charge on any atom is -0.462 e. The molecular formula is C22H25F3N4O4S. The van der Waals surface area contributed by atoms with Crippen LogP contribution >= 0.6 is 11.3 Å². The van der Waals surface area contributed by atoms with Crippen LogP contribution in [0.5, 0.6) is 0 Å². The van der Waals surface area contributed by atoms with Crippen molar-refractivity contribution < 1.29 is 32.3 Å². The zero-order chi connectivity index (χ0) is 24.7. The van der Waals surface area contributed by atoms with Gasteiger partial charge >= 0.3 is 12.1 Å². The standard InChI is InChI=1S/C22H25F3N4O4S/c1-2-33-21(32)15-7-12-34-20(15)27-19(31)14-29-10-8-28(9-11-29)13-18(30)26-17-6-4-3-5-16(17)22(23,24)25/h3-7,12H,2,8-11,13-14H2,1H3,(H,26,30)(H,27,31). The van der Waals surface area contributed by atoms with Gasteiger partial charge in [0.2, 0.25) is 11.8 Å². The summed E-state index contributed by atoms with van der Waals surface area (Å²) in [6, 6.07) is 6.43. The number of hydrogen-bond acceptors (Lipinski definition) is 7. The Morgan fingerprint density at radius 1 is 0.971 bits per heavy atom. The fraction of sp³-hybridized carbons (Fsp3) is 0.409. The van der Waals surface area contributed by atoms with Gasteiger partial charge in [0.05, 0.1) is 36.5 Å². The Hall–Kier alpha value is -2.96. The highest BCUT2D eigenvalue weighted by Gasteiger charge is 2.33. The highest BCUT2D eigenvalue weighted by molar-refractivity contribution is 7.14. The SMILES string of the molecule is CCOC(=O)c1ccsc1NC(=O)CN1CCN(CC(=O)Nc2ccccc2C(F)(F)F)CC1. The van der Waals surface area contributed by atoms with Crippen LogP contribution in [0.1, 0.15) is 22.8 Å². The Balaban J connectivity index is 1.45. The van der Waals surface area contributed by atoms with Gasteiger partial charge in [0.15, 0.2) is 0 Å². The van der Waals surface area contributed by atoms with E-state index in [4.69, 9.17) is 4.74 Å². The second kappa shape index (κ2) is 11.4. The number of nitrogens with one attached hydrogen (secondary N) is 2. The summed E-state index contributed by atoms with van der Waals surface area (Å²) in [5.74, 6) is -1.31. The first kappa shape index (κ1) is 25.7. The molecule has 0 saturated carbocycles. The number of ether oxygens (including phenoxy) is 1. The molecule has 8 nitrogen and oxygen atoms in total. The van der Waals surface area contributed by atoms with E-state index in [0.717, 1.165) is 6.07 Å². The van der Waals surface area contributed by atoms with Gasteiger partial charge in [-0.15, -0.1) is 11.3 Å². The number of piperazine rings is 1. The van der Waals surface area contributed by atoms with E-state index in [2.05, 4.69) is 10.6 Å². The Labute approximate surface area is 198 Å². The van der Waals surface area contributed by atoms with E-state index < -0.39 is 23.6 Å². The van der Waals surface area contributed by atoms with Gasteiger partial charge in [-0.05, 0) is 30.5 Å². The minimum atomic E-state index is -4.56. The van der Waals surface area contributed by atoms with Crippen LogP contribution in [-0.4, -0.2) is 73.5 Å². The number of carbonyl (C=O) groups is 3. The Kier molecular flexibility index (Phi) is 8.64. The molecule has 2 aromatic rings. The van der Waals surface area contributed by atoms with Crippen LogP contribution in [0.25, 0.3) is 0 Å². The molecule has 0 aliphatic carbocycles. The van der Waals surface area contributed by atoms with Gasteiger partial charge < -0.3 is 15.4 Å². The number of thiophene rings is 1. The molecule has 0 radical (unpaired) electrons. The Bertz CT molecular complexity index is 1020. The number of para-hydroxylation sites is 1. The number of halogens is 3. The van der Waals surface area contributed by atoms with Crippen molar-refractivity contribution >= 4 is 39.8 Å². The van der Waals surface area contributed by atoms with Crippen LogP contribution < -0.4 is 10.6 Å². The number of benzene rings is 1. The number of amides is 2. The summed E-state index contributed by atoms with van der Waals surface area (Å²) in [5.41, 5.74) is -0.856. The first-order valence-corrected chi connectivity index (χ1v) is 11.5. The molecule has 34 heavy (non-hydrogen) atoms. The number of esters is 1. The number of hydrogen-bond donors (Lipinski definition) is 2. The zero-order valence-electron chi connectivity index (χ0n) is 18.5. The molecule has 1 fully saturated rings. The fourth-order valence-corrected chi connectivity index (χ4v) is 4.27. The maximum absolute atomic E-state index is 13.1. The van der Waals surface area contributed by atoms with Crippen molar-refractivity contribution in [3.05, 3.63) is 46.8 Å². The first-order chi connectivity index (χ1) is 16.2. The quantitative estimate of drug-likeness (QED) is 0.544. The largest absolute Gasteiger partial charge is 0.462 e. The van der Waals surface area contributed by atoms with Crippen molar-refractivity contribution in [3.63, 3.8) is 0 Å². The number of carbonyl (C=O) groups excluding carboxylic acids is 3. The molecule has 0 bridgehead atoms. The summed E-state index contributed by atoms with van der Waals surface area (Å²) in [6.45, 7) is 3.98. The predicted octanol–water partition coefficient (Wildman–Crippen LogP) is 3.14. The lowest BCUT2D eigenvalue weighted by atomic mass is 10.1. The number of anilines is 2. The third-order valence-corrected chi connectivity index (χ3v) is 5.95. The molecule has 1 aliphatic heterocycles. The van der Waals surface area contributed by atoms with Gasteiger partial charge in [-0.2, -0.15) is 13.2 Å². The molecule has 0 unspecified atom stereocenters. The van der Waals surface area contributed by atoms with Gasteiger partial charge in [-0.25, -0.2) is 4.79 Å². The van der Waals surface area contributed by atoms with Crippen molar-refractivity contribution in [1.29, 1.82) is 0 Å². The van der Waals surface area contributed by atoms with Crippen molar-refractivity contribution in [2.45, 2.75) is 13.1 Å². The van der Waals surface area contributed by atoms with Crippen molar-refractivity contribution in [2.75, 3.05) is 56.5 Å². The van der Waals surface area contributed by atoms with Crippen LogP contribution in [0.2, 0.25) is 0 Å². The average Bonchev–Trinajstić information content (AvgIpc) is 3.23. The maximum Gasteiger partial charge on any atom is 0.418 e. The van der Waals surface area contributed by atoms with Gasteiger partial charge in [0, 0.05) is 26.2 Å². The van der Waals surface area contributed by atoms with Gasteiger partial charge in [-0.3, -0.25) is 19.4 Å². The highest BCUT2D eigenvalue weighted by atomic mass is 32.1. The third kappa shape index (κ3) is 7.02. The van der Waals surface area contributed by atoms with E-state index in [-0.39, 0.29) is 31.3 Å². The predicted molar refractivity (Wildman–Crippen MR) is 122 cm³/mol. The zero-order valence-corrected chi connectivity index (χ0v) is 19.3. The monoisotopic (exact) mass is 498 g/mol. The lowest BCUT2D eigenvalue weighted by molar-refractivity contribution is -0.137. The van der Waals surface area contributed by atoms with E-state index >= 15 is 0 Å². The second-order valence-corrected chi connectivity index (χ2v) is 8.49. The average molecular weight is 499 g/mol. The summed E-state index contributed by atoms with van der Waals surface area (Å²) in [4.78, 5) is 40.4. The molecule has 3 rings (SSSR count). The maximum atomic E-state index is 13.1. The molecular weight excluding hydrogens is 473 g/mol. The van der Waals surface area contributed by atoms with Crippen LogP contribution in [0.4, 0.5) is 23.9 Å². The van der Waals surface area contributed by atoms with Crippen molar-refractivity contribution in [1.82, 2.24) is 9.80 Å². The molecule has 0 atom stereocenters. The van der Waals surface area contributed by atoms with Gasteiger partial charge in [-0.1, -0.05) is 12.1 Å². The number of rotatable bonds is 8. The summed E-state index contributed by atoms with van der Waals surface area (Å²) >= 11 is 1.23. The first-order valence-electron chi connectivity index (χ1n) is 10.6. The normalized spacial score (nSPS) is 15.1. The molecule has 1 aliphatic rings. The molecule has 12 heteroatoms. The minimum absolute atomic E-state index is 0.0513. The van der Waals surface area contributed by atoms with E-state index in [1.807, 2.05) is 9.80 Å². The number of alkyl halides is 3. The summed E-state index contributed by atoms with van der Waals surface area (Å²) in [6.07, 6.45) is -4.56. The van der Waals surface area contributed by atoms with E-state index in [1.165, 1.54) is 29.5 Å². The smallest absolute Gasteiger partial charge is 0.418 e. The van der Waals surface area contributed by atoms with Gasteiger partial charge in [0.1, 0.15) is 5.00 Å². The molecule has 1 aromatic heterocycles. The lowest BCUT2D eigenvalue weighted by Gasteiger charge is -2.33. The molecule has 184 valence electrons. The van der Waals surface area contributed by atoms with Crippen LogP contribution in [0, 0.1) is 0 Å². The Morgan fingerprint density at radius 2 is 1.56 bits per heavy atom. The van der Waals surface area contributed by atoms with Crippen LogP contribution in [-0.2, 0) is 20.5 Å². The van der Waals surface area contributed by atoms with E-state index in [0.29, 0.717) is 36.7 Å². The second-order valence-electron chi connectivity index (χ2n) is 7.58. The van der Waals surface area contributed by atoms with Crippen molar-refractivity contribution in [3.8, 4) is 0 Å². The van der Waals surface area contributed by atoms with Crippen LogP contribution in [0.3, 0.4) is 0 Å². The third-order valence-electron chi connectivity index (χ3n) is 5.12. The van der Waals surface area contributed by atoms with Crippen LogP contribution in [0.15, 0.2) is 35.7 Å². The molecule has 1 aromatic carbocycles. The summed E-state index contributed by atoms with van der Waals surface area (Å²) in [7, 11) is 0. The molecule has 2 amide bonds. The summed E-state index contributed by atoms with van der Waals surface area (Å²) < 4.78 is 44.3. The summed E-state index contributed by atoms with van der Waals surface area (Å²) in [5, 5.41) is 7.20. The topological polar surface area (TPSA) is 91.0 Å². The highest BCUT2D eigenvalue weighted by Crippen LogP contribution is 2.34. The molecule has 2 heterocycles. The lowest BCUT2D eigenvalue weighted by Crippen LogP contribution is -2.50. The number of nitrogens with zero attached hydrogens (tertiary/aromatic N) is 2.